The maximum Gasteiger partial charge on any atom is 0.0646 e. The van der Waals surface area contributed by atoms with Gasteiger partial charge in [-0.2, -0.15) is 0 Å². The van der Waals surface area contributed by atoms with Crippen LogP contribution in [0.4, 0.5) is 0 Å². The third-order valence-electron chi connectivity index (χ3n) is 3.63. The van der Waals surface area contributed by atoms with Gasteiger partial charge in [-0.25, -0.2) is 0 Å². The molecule has 100 valence electrons. The van der Waals surface area contributed by atoms with E-state index >= 15 is 0 Å². The van der Waals surface area contributed by atoms with Gasteiger partial charge in [0.1, 0.15) is 0 Å². The van der Waals surface area contributed by atoms with E-state index in [1.807, 2.05) is 18.2 Å². The molecule has 0 saturated carbocycles. The molecular weight excluding hydrogens is 232 g/mol. The average molecular weight is 254 g/mol. The van der Waals surface area contributed by atoms with Gasteiger partial charge >= 0.3 is 0 Å². The molecule has 0 radical (unpaired) electrons. The standard InChI is InChI=1S/C18H22O/c1-13-9-14(2)11-16(10-13)12-18(19)15(3)17-7-5-4-6-8-17/h4-11,15,18-19H,12H2,1-3H3. The van der Waals surface area contributed by atoms with Crippen molar-refractivity contribution in [1.29, 1.82) is 0 Å². The van der Waals surface area contributed by atoms with Gasteiger partial charge in [-0.1, -0.05) is 66.6 Å². The van der Waals surface area contributed by atoms with Gasteiger partial charge in [0, 0.05) is 5.92 Å². The van der Waals surface area contributed by atoms with E-state index in [1.54, 1.807) is 0 Å². The minimum absolute atomic E-state index is 0.155. The molecule has 0 aliphatic carbocycles. The lowest BCUT2D eigenvalue weighted by molar-refractivity contribution is 0.149. The minimum Gasteiger partial charge on any atom is -0.392 e. The molecule has 2 aromatic rings. The fourth-order valence-electron chi connectivity index (χ4n) is 2.58. The topological polar surface area (TPSA) is 20.2 Å². The Bertz CT molecular complexity index is 510. The number of hydrogen-bond donors (Lipinski definition) is 1. The van der Waals surface area contributed by atoms with Crippen LogP contribution < -0.4 is 0 Å². The first-order chi connectivity index (χ1) is 9.06. The molecule has 1 heteroatoms. The molecule has 2 rings (SSSR count). The summed E-state index contributed by atoms with van der Waals surface area (Å²) in [6.07, 6.45) is 0.363. The summed E-state index contributed by atoms with van der Waals surface area (Å²) < 4.78 is 0. The third-order valence-corrected chi connectivity index (χ3v) is 3.63. The molecule has 0 heterocycles. The van der Waals surface area contributed by atoms with E-state index in [1.165, 1.54) is 22.3 Å². The summed E-state index contributed by atoms with van der Waals surface area (Å²) in [4.78, 5) is 0. The van der Waals surface area contributed by atoms with E-state index in [9.17, 15) is 5.11 Å². The first-order valence-corrected chi connectivity index (χ1v) is 6.86. The monoisotopic (exact) mass is 254 g/mol. The Hall–Kier alpha value is -1.60. The molecule has 0 fully saturated rings. The van der Waals surface area contributed by atoms with E-state index in [0.717, 1.165) is 0 Å². The van der Waals surface area contributed by atoms with Gasteiger partial charge < -0.3 is 5.11 Å². The molecule has 1 N–H and O–H groups in total. The second kappa shape index (κ2) is 6.03. The summed E-state index contributed by atoms with van der Waals surface area (Å²) in [6.45, 7) is 6.29. The lowest BCUT2D eigenvalue weighted by Gasteiger charge is -2.19. The zero-order valence-corrected chi connectivity index (χ0v) is 11.9. The third kappa shape index (κ3) is 3.68. The van der Waals surface area contributed by atoms with E-state index in [2.05, 4.69) is 51.1 Å². The number of aliphatic hydroxyl groups excluding tert-OH is 1. The normalized spacial score (nSPS) is 14.1. The zero-order chi connectivity index (χ0) is 13.8. The number of hydrogen-bond acceptors (Lipinski definition) is 1. The highest BCUT2D eigenvalue weighted by Crippen LogP contribution is 2.22. The van der Waals surface area contributed by atoms with Crippen molar-refractivity contribution in [3.8, 4) is 0 Å². The van der Waals surface area contributed by atoms with Crippen LogP contribution >= 0.6 is 0 Å². The molecule has 2 aromatic carbocycles. The molecule has 0 aromatic heterocycles. The van der Waals surface area contributed by atoms with Crippen molar-refractivity contribution < 1.29 is 5.11 Å². The van der Waals surface area contributed by atoms with Gasteiger partial charge in [-0.3, -0.25) is 0 Å². The summed E-state index contributed by atoms with van der Waals surface area (Å²) in [6, 6.07) is 16.7. The smallest absolute Gasteiger partial charge is 0.0646 e. The fourth-order valence-corrected chi connectivity index (χ4v) is 2.58. The van der Waals surface area contributed by atoms with Crippen LogP contribution in [0.1, 0.15) is 35.1 Å². The largest absolute Gasteiger partial charge is 0.392 e. The number of benzene rings is 2. The van der Waals surface area contributed by atoms with Crippen LogP contribution in [-0.4, -0.2) is 11.2 Å². The van der Waals surface area contributed by atoms with Gasteiger partial charge in [0.05, 0.1) is 6.10 Å². The summed E-state index contributed by atoms with van der Waals surface area (Å²) >= 11 is 0. The number of aliphatic hydroxyl groups is 1. The van der Waals surface area contributed by atoms with Crippen LogP contribution in [0.3, 0.4) is 0 Å². The summed E-state index contributed by atoms with van der Waals surface area (Å²) in [7, 11) is 0. The van der Waals surface area contributed by atoms with Gasteiger partial charge in [0.25, 0.3) is 0 Å². The summed E-state index contributed by atoms with van der Waals surface area (Å²) in [5.41, 5.74) is 4.93. The molecule has 0 bridgehead atoms. The summed E-state index contributed by atoms with van der Waals surface area (Å²) in [5, 5.41) is 10.4. The Morgan fingerprint density at radius 3 is 2.11 bits per heavy atom. The van der Waals surface area contributed by atoms with Gasteiger partial charge in [0.15, 0.2) is 0 Å². The van der Waals surface area contributed by atoms with Gasteiger partial charge in [-0.15, -0.1) is 0 Å². The first kappa shape index (κ1) is 13.8. The van der Waals surface area contributed by atoms with Crippen molar-refractivity contribution in [2.24, 2.45) is 0 Å². The van der Waals surface area contributed by atoms with E-state index in [0.29, 0.717) is 6.42 Å². The Kier molecular flexibility index (Phi) is 4.39. The van der Waals surface area contributed by atoms with Crippen LogP contribution in [0.2, 0.25) is 0 Å². The molecule has 1 nitrogen and oxygen atoms in total. The number of aryl methyl sites for hydroxylation is 2. The Balaban J connectivity index is 2.10. The van der Waals surface area contributed by atoms with Crippen LogP contribution in [0.25, 0.3) is 0 Å². The van der Waals surface area contributed by atoms with E-state index in [-0.39, 0.29) is 12.0 Å². The van der Waals surface area contributed by atoms with Crippen LogP contribution in [0.5, 0.6) is 0 Å². The quantitative estimate of drug-likeness (QED) is 0.874. The minimum atomic E-state index is -0.344. The van der Waals surface area contributed by atoms with E-state index in [4.69, 9.17) is 0 Å². The van der Waals surface area contributed by atoms with Crippen molar-refractivity contribution in [1.82, 2.24) is 0 Å². The first-order valence-electron chi connectivity index (χ1n) is 6.86. The predicted molar refractivity (Wildman–Crippen MR) is 80.5 cm³/mol. The Labute approximate surface area is 115 Å². The SMILES string of the molecule is Cc1cc(C)cc(CC(O)C(C)c2ccccc2)c1. The predicted octanol–water partition coefficient (Wildman–Crippen LogP) is 4.01. The Morgan fingerprint density at radius 2 is 1.53 bits per heavy atom. The average Bonchev–Trinajstić information content (AvgIpc) is 2.37. The fraction of sp³-hybridized carbons (Fsp3) is 0.333. The molecule has 2 atom stereocenters. The molecule has 19 heavy (non-hydrogen) atoms. The van der Waals surface area contributed by atoms with Crippen LogP contribution in [0.15, 0.2) is 48.5 Å². The van der Waals surface area contributed by atoms with Crippen molar-refractivity contribution in [3.05, 3.63) is 70.8 Å². The van der Waals surface area contributed by atoms with Crippen LogP contribution in [-0.2, 0) is 6.42 Å². The molecule has 0 spiro atoms. The van der Waals surface area contributed by atoms with E-state index < -0.39 is 0 Å². The van der Waals surface area contributed by atoms with Crippen LogP contribution in [0, 0.1) is 13.8 Å². The molecule has 0 aliphatic heterocycles. The highest BCUT2D eigenvalue weighted by Gasteiger charge is 2.16. The molecule has 0 amide bonds. The van der Waals surface area contributed by atoms with Gasteiger partial charge in [0.2, 0.25) is 0 Å². The maximum absolute atomic E-state index is 10.4. The van der Waals surface area contributed by atoms with Crippen molar-refractivity contribution >= 4 is 0 Å². The summed E-state index contributed by atoms with van der Waals surface area (Å²) in [5.74, 6) is 0.155. The zero-order valence-electron chi connectivity index (χ0n) is 11.9. The second-order valence-electron chi connectivity index (χ2n) is 5.47. The maximum atomic E-state index is 10.4. The van der Waals surface area contributed by atoms with Crippen molar-refractivity contribution in [3.63, 3.8) is 0 Å². The van der Waals surface area contributed by atoms with Crippen molar-refractivity contribution in [2.45, 2.75) is 39.2 Å². The lowest BCUT2D eigenvalue weighted by atomic mass is 9.90. The highest BCUT2D eigenvalue weighted by molar-refractivity contribution is 5.29. The second-order valence-corrected chi connectivity index (χ2v) is 5.47. The van der Waals surface area contributed by atoms with Gasteiger partial charge in [-0.05, 0) is 31.4 Å². The molecule has 0 saturated heterocycles. The lowest BCUT2D eigenvalue weighted by Crippen LogP contribution is -2.18. The Morgan fingerprint density at radius 1 is 0.947 bits per heavy atom. The molecule has 0 aliphatic rings. The highest BCUT2D eigenvalue weighted by atomic mass is 16.3. The van der Waals surface area contributed by atoms with Crippen molar-refractivity contribution in [2.75, 3.05) is 0 Å². The molecule has 2 unspecified atom stereocenters. The molecular formula is C18H22O. The number of rotatable bonds is 4.